The molecule has 2 aromatic carbocycles. The molecule has 0 unspecified atom stereocenters. The quantitative estimate of drug-likeness (QED) is 0.207. The maximum atomic E-state index is 11.8. The van der Waals surface area contributed by atoms with Crippen LogP contribution in [0.15, 0.2) is 70.7 Å². The molecule has 0 saturated heterocycles. The summed E-state index contributed by atoms with van der Waals surface area (Å²) in [6.45, 7) is 12.9. The number of fused-ring (bicyclic) bond motifs is 1. The third-order valence-electron chi connectivity index (χ3n) is 4.57. The maximum absolute atomic E-state index is 11.8. The van der Waals surface area contributed by atoms with Crippen LogP contribution in [0.3, 0.4) is 0 Å². The fraction of sp³-hybridized carbons (Fsp3) is 0.286. The maximum Gasteiger partial charge on any atom is 0.338 e. The molecule has 0 bridgehead atoms. The number of hydrogen-bond acceptors (Lipinski definition) is 8. The molecular formula is C28H30Br2O8. The van der Waals surface area contributed by atoms with Gasteiger partial charge in [0.15, 0.2) is 23.0 Å². The first-order valence-corrected chi connectivity index (χ1v) is 13.3. The standard InChI is InChI=1S/C15H17BrO4.C13H13BrO4/c1-4-7-19-13-10-11(15(17)18-6-3)9-12(16)14(13)20-8-5-2;1-2-16-13(15)9-7-10(14)12-11(8-9)17-5-3-4-6-18-12/h4-5,9-10H,1-2,6-8H2,3H3;3-4,7-8H,2,5-6H2,1H3/b;4-3-. The van der Waals surface area contributed by atoms with Crippen molar-refractivity contribution in [1.82, 2.24) is 0 Å². The molecule has 2 aromatic rings. The van der Waals surface area contributed by atoms with Crippen LogP contribution in [0.25, 0.3) is 0 Å². The molecule has 10 heteroatoms. The highest BCUT2D eigenvalue weighted by atomic mass is 79.9. The van der Waals surface area contributed by atoms with Crippen molar-refractivity contribution in [1.29, 1.82) is 0 Å². The van der Waals surface area contributed by atoms with Gasteiger partial charge in [0.1, 0.15) is 26.4 Å². The largest absolute Gasteiger partial charge is 0.486 e. The van der Waals surface area contributed by atoms with Gasteiger partial charge < -0.3 is 28.4 Å². The van der Waals surface area contributed by atoms with Crippen LogP contribution in [0.2, 0.25) is 0 Å². The van der Waals surface area contributed by atoms with E-state index in [0.29, 0.717) is 82.7 Å². The number of esters is 2. The second kappa shape index (κ2) is 16.6. The van der Waals surface area contributed by atoms with Gasteiger partial charge in [0.25, 0.3) is 0 Å². The van der Waals surface area contributed by atoms with Crippen LogP contribution in [0.5, 0.6) is 23.0 Å². The van der Waals surface area contributed by atoms with E-state index in [1.807, 2.05) is 12.2 Å². The van der Waals surface area contributed by atoms with Gasteiger partial charge in [-0.05, 0) is 82.1 Å². The van der Waals surface area contributed by atoms with Crippen LogP contribution in [0.4, 0.5) is 0 Å². The van der Waals surface area contributed by atoms with Crippen molar-refractivity contribution in [2.75, 3.05) is 39.6 Å². The predicted molar refractivity (Wildman–Crippen MR) is 152 cm³/mol. The summed E-state index contributed by atoms with van der Waals surface area (Å²) in [5.41, 5.74) is 0.833. The van der Waals surface area contributed by atoms with E-state index in [0.717, 1.165) is 0 Å². The smallest absolute Gasteiger partial charge is 0.338 e. The van der Waals surface area contributed by atoms with E-state index in [2.05, 4.69) is 45.0 Å². The third-order valence-corrected chi connectivity index (χ3v) is 5.75. The Morgan fingerprint density at radius 1 is 0.842 bits per heavy atom. The number of carbonyl (C=O) groups is 2. The lowest BCUT2D eigenvalue weighted by Gasteiger charge is -2.16. The zero-order valence-corrected chi connectivity index (χ0v) is 24.5. The summed E-state index contributed by atoms with van der Waals surface area (Å²) in [5, 5.41) is 0. The molecule has 0 aliphatic carbocycles. The first kappa shape index (κ1) is 31.0. The van der Waals surface area contributed by atoms with Crippen LogP contribution < -0.4 is 18.9 Å². The Balaban J connectivity index is 0.000000268. The minimum Gasteiger partial charge on any atom is -0.486 e. The lowest BCUT2D eigenvalue weighted by Crippen LogP contribution is -2.08. The van der Waals surface area contributed by atoms with E-state index < -0.39 is 5.97 Å². The zero-order chi connectivity index (χ0) is 27.9. The monoisotopic (exact) mass is 652 g/mol. The third kappa shape index (κ3) is 9.25. The van der Waals surface area contributed by atoms with Gasteiger partial charge in [-0.25, -0.2) is 9.59 Å². The molecule has 0 saturated carbocycles. The average Bonchev–Trinajstić information content (AvgIpc) is 2.88. The van der Waals surface area contributed by atoms with Gasteiger partial charge in [-0.3, -0.25) is 0 Å². The van der Waals surface area contributed by atoms with Gasteiger partial charge in [-0.1, -0.05) is 25.3 Å². The Labute approximate surface area is 239 Å². The summed E-state index contributed by atoms with van der Waals surface area (Å²) < 4.78 is 33.3. The Hall–Kier alpha value is -3.24. The number of hydrogen-bond donors (Lipinski definition) is 0. The Morgan fingerprint density at radius 2 is 1.39 bits per heavy atom. The fourth-order valence-corrected chi connectivity index (χ4v) is 4.10. The van der Waals surface area contributed by atoms with E-state index in [1.54, 1.807) is 50.3 Å². The van der Waals surface area contributed by atoms with Crippen molar-refractivity contribution in [2.24, 2.45) is 0 Å². The summed E-state index contributed by atoms with van der Waals surface area (Å²) >= 11 is 6.74. The number of ether oxygens (including phenoxy) is 6. The summed E-state index contributed by atoms with van der Waals surface area (Å²) in [6, 6.07) is 6.53. The molecule has 0 aromatic heterocycles. The van der Waals surface area contributed by atoms with E-state index in [1.165, 1.54) is 0 Å². The second-order valence-electron chi connectivity index (χ2n) is 7.30. The van der Waals surface area contributed by atoms with Gasteiger partial charge >= 0.3 is 11.9 Å². The number of carbonyl (C=O) groups excluding carboxylic acids is 2. The highest BCUT2D eigenvalue weighted by Crippen LogP contribution is 2.38. The number of halogens is 2. The minimum absolute atomic E-state index is 0.309. The van der Waals surface area contributed by atoms with Crippen LogP contribution in [-0.4, -0.2) is 51.6 Å². The van der Waals surface area contributed by atoms with Crippen molar-refractivity contribution < 1.29 is 38.0 Å². The minimum atomic E-state index is -0.410. The summed E-state index contributed by atoms with van der Waals surface area (Å²) in [4.78, 5) is 23.5. The molecule has 1 heterocycles. The van der Waals surface area contributed by atoms with Gasteiger partial charge in [-0.2, -0.15) is 0 Å². The van der Waals surface area contributed by atoms with Crippen LogP contribution >= 0.6 is 31.9 Å². The normalized spacial score (nSPS) is 12.4. The summed E-state index contributed by atoms with van der Waals surface area (Å²) in [7, 11) is 0. The predicted octanol–water partition coefficient (Wildman–Crippen LogP) is 6.71. The first-order chi connectivity index (χ1) is 18.4. The van der Waals surface area contributed by atoms with E-state index >= 15 is 0 Å². The molecule has 0 spiro atoms. The van der Waals surface area contributed by atoms with Crippen LogP contribution in [-0.2, 0) is 9.47 Å². The topological polar surface area (TPSA) is 89.5 Å². The Morgan fingerprint density at radius 3 is 2.00 bits per heavy atom. The SMILES string of the molecule is C=CCOc1cc(C(=O)OCC)cc(Br)c1OCC=C.CCOC(=O)c1cc(Br)c2c(c1)OC/C=C\CO2. The Bertz CT molecular complexity index is 1160. The van der Waals surface area contributed by atoms with Gasteiger partial charge in [0, 0.05) is 0 Å². The molecule has 0 radical (unpaired) electrons. The van der Waals surface area contributed by atoms with E-state index in [-0.39, 0.29) is 5.97 Å². The Kier molecular flexibility index (Phi) is 13.5. The molecule has 1 aliphatic heterocycles. The van der Waals surface area contributed by atoms with Gasteiger partial charge in [0.2, 0.25) is 0 Å². The second-order valence-corrected chi connectivity index (χ2v) is 9.01. The average molecular weight is 654 g/mol. The van der Waals surface area contributed by atoms with Gasteiger partial charge in [0.05, 0.1) is 33.3 Å². The lowest BCUT2D eigenvalue weighted by atomic mass is 10.2. The molecule has 38 heavy (non-hydrogen) atoms. The molecule has 3 rings (SSSR count). The van der Waals surface area contributed by atoms with Crippen molar-refractivity contribution in [3.8, 4) is 23.0 Å². The molecule has 0 amide bonds. The molecule has 0 fully saturated rings. The summed E-state index contributed by atoms with van der Waals surface area (Å²) in [5.74, 6) is 1.32. The first-order valence-electron chi connectivity index (χ1n) is 11.7. The number of benzene rings is 2. The highest BCUT2D eigenvalue weighted by Gasteiger charge is 2.18. The molecular weight excluding hydrogens is 624 g/mol. The molecule has 1 aliphatic rings. The molecule has 8 nitrogen and oxygen atoms in total. The van der Waals surface area contributed by atoms with Crippen molar-refractivity contribution in [2.45, 2.75) is 13.8 Å². The molecule has 0 atom stereocenters. The lowest BCUT2D eigenvalue weighted by molar-refractivity contribution is 0.0516. The zero-order valence-electron chi connectivity index (χ0n) is 21.3. The van der Waals surface area contributed by atoms with E-state index in [9.17, 15) is 9.59 Å². The fourth-order valence-electron chi connectivity index (χ4n) is 2.99. The highest BCUT2D eigenvalue weighted by molar-refractivity contribution is 9.11. The van der Waals surface area contributed by atoms with Crippen molar-refractivity contribution in [3.05, 3.63) is 81.8 Å². The summed E-state index contributed by atoms with van der Waals surface area (Å²) in [6.07, 6.45) is 6.99. The number of rotatable bonds is 10. The van der Waals surface area contributed by atoms with Crippen molar-refractivity contribution >= 4 is 43.8 Å². The van der Waals surface area contributed by atoms with Crippen LogP contribution in [0, 0.1) is 0 Å². The van der Waals surface area contributed by atoms with Gasteiger partial charge in [-0.15, -0.1) is 0 Å². The van der Waals surface area contributed by atoms with E-state index in [4.69, 9.17) is 28.4 Å². The van der Waals surface area contributed by atoms with Crippen molar-refractivity contribution in [3.63, 3.8) is 0 Å². The molecule has 0 N–H and O–H groups in total. The van der Waals surface area contributed by atoms with Crippen LogP contribution in [0.1, 0.15) is 34.6 Å². The molecule has 204 valence electrons.